The third kappa shape index (κ3) is 4.51. The topological polar surface area (TPSA) is 93.2 Å². The van der Waals surface area contributed by atoms with Gasteiger partial charge in [0, 0.05) is 48.7 Å². The number of piperazine rings is 1. The van der Waals surface area contributed by atoms with Crippen LogP contribution in [-0.2, 0) is 19.3 Å². The highest BCUT2D eigenvalue weighted by atomic mass is 32.1. The van der Waals surface area contributed by atoms with Gasteiger partial charge in [0.1, 0.15) is 22.7 Å². The van der Waals surface area contributed by atoms with Gasteiger partial charge in [-0.2, -0.15) is 4.79 Å². The number of thiazole rings is 1. The molecule has 192 valence electrons. The summed E-state index contributed by atoms with van der Waals surface area (Å²) in [5.74, 6) is -0.373. The van der Waals surface area contributed by atoms with Gasteiger partial charge in [0.25, 0.3) is 0 Å². The van der Waals surface area contributed by atoms with Crippen molar-refractivity contribution in [1.82, 2.24) is 24.8 Å². The van der Waals surface area contributed by atoms with Crippen molar-refractivity contribution in [2.75, 3.05) is 37.7 Å². The number of rotatable bonds is 6. The molecular weight excluding hydrogens is 482 g/mol. The molecule has 1 aromatic carbocycles. The average Bonchev–Trinajstić information content (AvgIpc) is 3.43. The second-order valence-electron chi connectivity index (χ2n) is 10.2. The average molecular weight is 516 g/mol. The Balaban J connectivity index is 1.22. The van der Waals surface area contributed by atoms with Gasteiger partial charge in [-0.3, -0.25) is 14.7 Å². The summed E-state index contributed by atoms with van der Waals surface area (Å²) in [6, 6.07) is 7.66. The molecule has 1 fully saturated rings. The number of amides is 1. The van der Waals surface area contributed by atoms with Crippen molar-refractivity contribution in [1.29, 1.82) is 0 Å². The number of aryl methyl sites for hydroxylation is 2. The largest absolute Gasteiger partial charge is 0.366 e. The molecule has 2 aromatic rings. The molecule has 2 aliphatic heterocycles. The van der Waals surface area contributed by atoms with E-state index in [-0.39, 0.29) is 5.91 Å². The van der Waals surface area contributed by atoms with Crippen LogP contribution in [0.2, 0.25) is 0 Å². The van der Waals surface area contributed by atoms with Crippen LogP contribution >= 0.6 is 11.3 Å². The molecule has 2 aliphatic carbocycles. The number of carbonyl (C=O) groups excluding carboxylic acids is 1. The maximum Gasteiger partial charge on any atom is 0.248 e. The molecule has 0 unspecified atom stereocenters. The van der Waals surface area contributed by atoms with E-state index in [0.717, 1.165) is 73.9 Å². The molecule has 1 amide bonds. The predicted octanol–water partition coefficient (Wildman–Crippen LogP) is 3.60. The minimum atomic E-state index is -0.373. The van der Waals surface area contributed by atoms with Crippen LogP contribution in [0.15, 0.2) is 30.6 Å². The standard InChI is InChI=1S/C28H33N7OS/c1-18-19(2)37-28(32-18)24-22-8-3-4-9-23(22)26-25(24)30-17-31-35(26)34-14-12-33(13-15-34)11-10-20-6-5-7-21(16-20)27(29)36/h5-7,16-17H,3-4,8-15H2,1-2H3,(H2,29,36). The summed E-state index contributed by atoms with van der Waals surface area (Å²) in [5.41, 5.74) is 14.6. The maximum atomic E-state index is 11.5. The van der Waals surface area contributed by atoms with Crippen molar-refractivity contribution in [3.63, 3.8) is 0 Å². The molecule has 0 spiro atoms. The van der Waals surface area contributed by atoms with Crippen molar-refractivity contribution in [3.05, 3.63) is 63.4 Å². The highest BCUT2D eigenvalue weighted by Crippen LogP contribution is 2.46. The Morgan fingerprint density at radius 1 is 1.08 bits per heavy atom. The summed E-state index contributed by atoms with van der Waals surface area (Å²) < 4.78 is 0. The smallest absolute Gasteiger partial charge is 0.248 e. The molecule has 6 rings (SSSR count). The predicted molar refractivity (Wildman–Crippen MR) is 147 cm³/mol. The van der Waals surface area contributed by atoms with Gasteiger partial charge >= 0.3 is 0 Å². The first-order valence-electron chi connectivity index (χ1n) is 13.2. The molecule has 4 aliphatic rings. The molecule has 9 heteroatoms. The number of primary amides is 1. The molecular formula is C28H33N7OS. The molecule has 0 saturated carbocycles. The van der Waals surface area contributed by atoms with Crippen LogP contribution in [0.1, 0.15) is 50.5 Å². The van der Waals surface area contributed by atoms with Crippen LogP contribution in [0, 0.1) is 13.8 Å². The van der Waals surface area contributed by atoms with E-state index in [9.17, 15) is 4.79 Å². The lowest BCUT2D eigenvalue weighted by Crippen LogP contribution is -2.52. The van der Waals surface area contributed by atoms with Gasteiger partial charge in [0.2, 0.25) is 5.91 Å². The highest BCUT2D eigenvalue weighted by molar-refractivity contribution is 7.15. The van der Waals surface area contributed by atoms with Crippen molar-refractivity contribution >= 4 is 17.2 Å². The monoisotopic (exact) mass is 515 g/mol. The van der Waals surface area contributed by atoms with E-state index in [2.05, 4.69) is 34.6 Å². The second-order valence-corrected chi connectivity index (χ2v) is 11.4. The zero-order valence-corrected chi connectivity index (χ0v) is 22.4. The van der Waals surface area contributed by atoms with Gasteiger partial charge in [0.15, 0.2) is 0 Å². The van der Waals surface area contributed by atoms with Gasteiger partial charge in [-0.05, 0) is 74.8 Å². The molecule has 2 N–H and O–H groups in total. The Labute approximate surface area is 221 Å². The summed E-state index contributed by atoms with van der Waals surface area (Å²) in [6.45, 7) is 8.95. The summed E-state index contributed by atoms with van der Waals surface area (Å²) in [7, 11) is 0. The Bertz CT molecular complexity index is 1400. The van der Waals surface area contributed by atoms with Crippen molar-refractivity contribution < 1.29 is 4.79 Å². The lowest BCUT2D eigenvalue weighted by atomic mass is 9.93. The zero-order chi connectivity index (χ0) is 25.5. The summed E-state index contributed by atoms with van der Waals surface area (Å²) in [4.78, 5) is 27.1. The number of carbonyl (C=O) groups is 1. The van der Waals surface area contributed by atoms with Crippen LogP contribution in [0.3, 0.4) is 0 Å². The first-order valence-corrected chi connectivity index (χ1v) is 14.0. The third-order valence-corrected chi connectivity index (χ3v) is 8.94. The van der Waals surface area contributed by atoms with Crippen LogP contribution < -0.4 is 10.7 Å². The Kier molecular flexibility index (Phi) is 6.42. The number of benzene rings is 1. The number of fused-ring (bicyclic) bond motifs is 3. The number of nitrogens with two attached hydrogens (primary N) is 1. The van der Waals surface area contributed by atoms with Crippen LogP contribution in [0.5, 0.6) is 0 Å². The van der Waals surface area contributed by atoms with E-state index in [4.69, 9.17) is 20.8 Å². The number of hydrogen-bond acceptors (Lipinski definition) is 7. The van der Waals surface area contributed by atoms with E-state index < -0.39 is 0 Å². The fourth-order valence-corrected chi connectivity index (χ4v) is 6.71. The second kappa shape index (κ2) is 9.87. The van der Waals surface area contributed by atoms with E-state index >= 15 is 0 Å². The van der Waals surface area contributed by atoms with E-state index in [1.165, 1.54) is 40.1 Å². The first-order chi connectivity index (χ1) is 18.0. The van der Waals surface area contributed by atoms with Gasteiger partial charge < -0.3 is 5.73 Å². The Morgan fingerprint density at radius 3 is 2.59 bits per heavy atom. The van der Waals surface area contributed by atoms with E-state index in [0.29, 0.717) is 5.56 Å². The summed E-state index contributed by atoms with van der Waals surface area (Å²) >= 11 is 1.78. The minimum absolute atomic E-state index is 0.373. The molecule has 1 aromatic heterocycles. The fourth-order valence-electron chi connectivity index (χ4n) is 5.72. The third-order valence-electron chi connectivity index (χ3n) is 7.85. The fraction of sp³-hybridized carbons (Fsp3) is 0.429. The summed E-state index contributed by atoms with van der Waals surface area (Å²) in [6.07, 6.45) is 7.20. The van der Waals surface area contributed by atoms with Gasteiger partial charge in [0.05, 0.1) is 5.69 Å². The number of hydrogen-bond donors (Lipinski definition) is 1. The van der Waals surface area contributed by atoms with Gasteiger partial charge in [-0.15, -0.1) is 16.4 Å². The van der Waals surface area contributed by atoms with E-state index in [1.807, 2.05) is 12.1 Å². The van der Waals surface area contributed by atoms with Gasteiger partial charge in [-0.25, -0.2) is 9.97 Å². The first kappa shape index (κ1) is 24.1. The van der Waals surface area contributed by atoms with E-state index in [1.54, 1.807) is 23.7 Å². The molecule has 37 heavy (non-hydrogen) atoms. The quantitative estimate of drug-likeness (QED) is 0.422. The maximum absolute atomic E-state index is 11.5. The lowest BCUT2D eigenvalue weighted by molar-refractivity contribution is 0.1000. The molecule has 8 nitrogen and oxygen atoms in total. The SMILES string of the molecule is Cc1nc(-c2c3ncnn(N4CCN(CCc5cccc(C(N)=O)c5)CC4)c-3c3c2CCCC3)sc1C. The van der Waals surface area contributed by atoms with Crippen LogP contribution in [0.25, 0.3) is 22.0 Å². The number of aromatic nitrogens is 4. The van der Waals surface area contributed by atoms with Crippen molar-refractivity contribution in [3.8, 4) is 22.0 Å². The van der Waals surface area contributed by atoms with Crippen molar-refractivity contribution in [2.45, 2.75) is 46.0 Å². The number of nitrogens with zero attached hydrogens (tertiary/aromatic N) is 6. The lowest BCUT2D eigenvalue weighted by Gasteiger charge is -2.37. The highest BCUT2D eigenvalue weighted by Gasteiger charge is 2.33. The Hall–Kier alpha value is -3.30. The minimum Gasteiger partial charge on any atom is -0.366 e. The van der Waals surface area contributed by atoms with Crippen molar-refractivity contribution in [2.24, 2.45) is 5.73 Å². The summed E-state index contributed by atoms with van der Waals surface area (Å²) in [5, 5.41) is 8.23. The molecule has 1 saturated heterocycles. The molecule has 0 bridgehead atoms. The molecule has 0 atom stereocenters. The molecule has 3 heterocycles. The van der Waals surface area contributed by atoms with Crippen LogP contribution in [-0.4, -0.2) is 63.4 Å². The normalized spacial score (nSPS) is 16.3. The van der Waals surface area contributed by atoms with Crippen LogP contribution in [0.4, 0.5) is 0 Å². The zero-order valence-electron chi connectivity index (χ0n) is 21.5. The van der Waals surface area contributed by atoms with Gasteiger partial charge in [-0.1, -0.05) is 12.1 Å². The Morgan fingerprint density at radius 2 is 1.86 bits per heavy atom. The molecule has 0 radical (unpaired) electrons.